The number of thiazole rings is 1. The largest absolute Gasteiger partial charge is 0.350 e. The molecule has 0 aliphatic carbocycles. The van der Waals surface area contributed by atoms with Gasteiger partial charge in [0.05, 0.1) is 17.1 Å². The summed E-state index contributed by atoms with van der Waals surface area (Å²) in [6.45, 7) is 1.77. The highest BCUT2D eigenvalue weighted by Gasteiger charge is 2.27. The van der Waals surface area contributed by atoms with Crippen LogP contribution in [0, 0.1) is 5.92 Å². The lowest BCUT2D eigenvalue weighted by molar-refractivity contribution is -0.135. The fourth-order valence-corrected chi connectivity index (χ4v) is 5.30. The van der Waals surface area contributed by atoms with E-state index in [4.69, 9.17) is 0 Å². The Morgan fingerprint density at radius 2 is 1.87 bits per heavy atom. The summed E-state index contributed by atoms with van der Waals surface area (Å²) >= 11 is 3.27. The Labute approximate surface area is 184 Å². The zero-order valence-corrected chi connectivity index (χ0v) is 18.4. The normalized spacial score (nSPS) is 14.6. The molecule has 3 aromatic rings. The second-order valence-corrected chi connectivity index (χ2v) is 9.29. The van der Waals surface area contributed by atoms with Crippen LogP contribution in [-0.2, 0) is 22.6 Å². The summed E-state index contributed by atoms with van der Waals surface area (Å²) in [5.41, 5.74) is 2.08. The molecule has 0 atom stereocenters. The van der Waals surface area contributed by atoms with Crippen LogP contribution in [0.4, 0.5) is 0 Å². The van der Waals surface area contributed by atoms with E-state index >= 15 is 0 Å². The number of benzene rings is 1. The summed E-state index contributed by atoms with van der Waals surface area (Å²) in [6, 6.07) is 14.2. The number of piperidine rings is 1. The Balaban J connectivity index is 1.19. The third-order valence-corrected chi connectivity index (χ3v) is 7.35. The Hall–Kier alpha value is -2.51. The predicted octanol–water partition coefficient (Wildman–Crippen LogP) is 4.36. The Kier molecular flexibility index (Phi) is 6.92. The van der Waals surface area contributed by atoms with E-state index in [9.17, 15) is 9.59 Å². The quantitative estimate of drug-likeness (QED) is 0.595. The number of hydrogen-bond acceptors (Lipinski definition) is 5. The summed E-state index contributed by atoms with van der Waals surface area (Å²) in [7, 11) is 0. The summed E-state index contributed by atoms with van der Waals surface area (Å²) in [5, 5.41) is 8.06. The van der Waals surface area contributed by atoms with Gasteiger partial charge in [0.2, 0.25) is 11.8 Å². The standard InChI is InChI=1S/C23H25N3O2S2/c27-21(9-8-17-5-2-1-3-6-17)26-12-10-18(11-13-26)22(28)24-15-19-16-30-23(25-19)20-7-4-14-29-20/h1-7,14,16,18H,8-13,15H2,(H,24,28). The molecule has 0 spiro atoms. The average molecular weight is 440 g/mol. The lowest BCUT2D eigenvalue weighted by atomic mass is 9.95. The smallest absolute Gasteiger partial charge is 0.223 e. The zero-order valence-electron chi connectivity index (χ0n) is 16.8. The first-order valence-electron chi connectivity index (χ1n) is 10.3. The molecule has 4 rings (SSSR count). The first-order chi connectivity index (χ1) is 14.7. The maximum atomic E-state index is 12.6. The fourth-order valence-electron chi connectivity index (χ4n) is 3.67. The molecule has 0 bridgehead atoms. The molecule has 30 heavy (non-hydrogen) atoms. The summed E-state index contributed by atoms with van der Waals surface area (Å²) in [4.78, 5) is 32.7. The van der Waals surface area contributed by atoms with Gasteiger partial charge in [-0.05, 0) is 36.3 Å². The number of amides is 2. The Bertz CT molecular complexity index is 962. The topological polar surface area (TPSA) is 62.3 Å². The number of thiophene rings is 1. The maximum absolute atomic E-state index is 12.6. The highest BCUT2D eigenvalue weighted by atomic mass is 32.1. The van der Waals surface area contributed by atoms with Crippen LogP contribution in [0.3, 0.4) is 0 Å². The van der Waals surface area contributed by atoms with Crippen molar-refractivity contribution in [3.8, 4) is 9.88 Å². The monoisotopic (exact) mass is 439 g/mol. The summed E-state index contributed by atoms with van der Waals surface area (Å²) in [6.07, 6.45) is 2.74. The number of rotatable bonds is 7. The predicted molar refractivity (Wildman–Crippen MR) is 121 cm³/mol. The molecule has 5 nitrogen and oxygen atoms in total. The van der Waals surface area contributed by atoms with E-state index < -0.39 is 0 Å². The number of aryl methyl sites for hydroxylation is 1. The SMILES string of the molecule is O=C(NCc1csc(-c2cccs2)n1)C1CCN(C(=O)CCc2ccccc2)CC1. The number of aromatic nitrogens is 1. The van der Waals surface area contributed by atoms with Crippen molar-refractivity contribution >= 4 is 34.5 Å². The first kappa shape index (κ1) is 20.8. The summed E-state index contributed by atoms with van der Waals surface area (Å²) < 4.78 is 0. The molecule has 2 amide bonds. The van der Waals surface area contributed by atoms with Crippen LogP contribution in [0.1, 0.15) is 30.5 Å². The minimum atomic E-state index is -0.0291. The number of nitrogens with one attached hydrogen (secondary N) is 1. The minimum Gasteiger partial charge on any atom is -0.350 e. The second-order valence-electron chi connectivity index (χ2n) is 7.48. The fraction of sp³-hybridized carbons (Fsp3) is 0.348. The maximum Gasteiger partial charge on any atom is 0.223 e. The van der Waals surface area contributed by atoms with Gasteiger partial charge in [-0.1, -0.05) is 36.4 Å². The van der Waals surface area contributed by atoms with Gasteiger partial charge in [0.25, 0.3) is 0 Å². The number of carbonyl (C=O) groups is 2. The Morgan fingerprint density at radius 3 is 2.60 bits per heavy atom. The molecule has 1 aliphatic rings. The summed E-state index contributed by atoms with van der Waals surface area (Å²) in [5.74, 6) is 0.219. The van der Waals surface area contributed by atoms with Crippen LogP contribution < -0.4 is 5.32 Å². The van der Waals surface area contributed by atoms with E-state index in [2.05, 4.69) is 28.5 Å². The van der Waals surface area contributed by atoms with Crippen molar-refractivity contribution in [1.82, 2.24) is 15.2 Å². The van der Waals surface area contributed by atoms with Crippen LogP contribution >= 0.6 is 22.7 Å². The van der Waals surface area contributed by atoms with Gasteiger partial charge in [-0.15, -0.1) is 22.7 Å². The number of likely N-dealkylation sites (tertiary alicyclic amines) is 1. The molecule has 1 N–H and O–H groups in total. The van der Waals surface area contributed by atoms with Gasteiger partial charge in [0.15, 0.2) is 0 Å². The van der Waals surface area contributed by atoms with Crippen molar-refractivity contribution in [2.24, 2.45) is 5.92 Å². The van der Waals surface area contributed by atoms with Gasteiger partial charge in [-0.2, -0.15) is 0 Å². The van der Waals surface area contributed by atoms with Gasteiger partial charge in [0, 0.05) is 30.8 Å². The number of carbonyl (C=O) groups excluding carboxylic acids is 2. The highest BCUT2D eigenvalue weighted by Crippen LogP contribution is 2.27. The molecule has 1 fully saturated rings. The van der Waals surface area contributed by atoms with Crippen molar-refractivity contribution < 1.29 is 9.59 Å². The molecule has 1 aliphatic heterocycles. The number of nitrogens with zero attached hydrogens (tertiary/aromatic N) is 2. The van der Waals surface area contributed by atoms with Crippen molar-refractivity contribution in [1.29, 1.82) is 0 Å². The van der Waals surface area contributed by atoms with E-state index in [0.29, 0.717) is 26.1 Å². The molecule has 0 saturated carbocycles. The lowest BCUT2D eigenvalue weighted by Crippen LogP contribution is -2.43. The van der Waals surface area contributed by atoms with Crippen molar-refractivity contribution in [3.63, 3.8) is 0 Å². The van der Waals surface area contributed by atoms with E-state index in [1.54, 1.807) is 22.7 Å². The molecule has 2 aromatic heterocycles. The van der Waals surface area contributed by atoms with Crippen molar-refractivity contribution in [3.05, 3.63) is 64.5 Å². The van der Waals surface area contributed by atoms with Gasteiger partial charge in [-0.3, -0.25) is 9.59 Å². The van der Waals surface area contributed by atoms with Gasteiger partial charge < -0.3 is 10.2 Å². The molecule has 156 valence electrons. The third kappa shape index (κ3) is 5.34. The number of hydrogen-bond donors (Lipinski definition) is 1. The molecule has 1 aromatic carbocycles. The van der Waals surface area contributed by atoms with E-state index in [1.165, 1.54) is 5.56 Å². The Morgan fingerprint density at radius 1 is 1.07 bits per heavy atom. The molecular weight excluding hydrogens is 414 g/mol. The van der Waals surface area contributed by atoms with Crippen LogP contribution in [-0.4, -0.2) is 34.8 Å². The van der Waals surface area contributed by atoms with Gasteiger partial charge in [-0.25, -0.2) is 4.98 Å². The zero-order chi connectivity index (χ0) is 20.8. The van der Waals surface area contributed by atoms with Crippen LogP contribution in [0.25, 0.3) is 9.88 Å². The third-order valence-electron chi connectivity index (χ3n) is 5.42. The molecular formula is C23H25N3O2S2. The van der Waals surface area contributed by atoms with E-state index in [1.807, 2.05) is 39.9 Å². The van der Waals surface area contributed by atoms with Crippen molar-refractivity contribution in [2.75, 3.05) is 13.1 Å². The molecule has 7 heteroatoms. The van der Waals surface area contributed by atoms with E-state index in [0.717, 1.165) is 34.8 Å². The average Bonchev–Trinajstić information content (AvgIpc) is 3.48. The van der Waals surface area contributed by atoms with Crippen LogP contribution in [0.5, 0.6) is 0 Å². The van der Waals surface area contributed by atoms with Crippen LogP contribution in [0.15, 0.2) is 53.2 Å². The first-order valence-corrected chi connectivity index (χ1v) is 12.0. The second kappa shape index (κ2) is 10.00. The molecule has 1 saturated heterocycles. The molecule has 0 unspecified atom stereocenters. The highest BCUT2D eigenvalue weighted by molar-refractivity contribution is 7.20. The van der Waals surface area contributed by atoms with Gasteiger partial charge >= 0.3 is 0 Å². The lowest BCUT2D eigenvalue weighted by Gasteiger charge is -2.31. The minimum absolute atomic E-state index is 0.0291. The van der Waals surface area contributed by atoms with E-state index in [-0.39, 0.29) is 17.7 Å². The van der Waals surface area contributed by atoms with Crippen molar-refractivity contribution in [2.45, 2.75) is 32.2 Å². The van der Waals surface area contributed by atoms with Crippen LogP contribution in [0.2, 0.25) is 0 Å². The molecule has 0 radical (unpaired) electrons. The molecule has 3 heterocycles. The van der Waals surface area contributed by atoms with Gasteiger partial charge in [0.1, 0.15) is 5.01 Å².